The van der Waals surface area contributed by atoms with Gasteiger partial charge in [0, 0.05) is 19.1 Å². The third-order valence-corrected chi connectivity index (χ3v) is 4.50. The number of rotatable bonds is 8. The Morgan fingerprint density at radius 2 is 2.04 bits per heavy atom. The molecule has 6 nitrogen and oxygen atoms in total. The summed E-state index contributed by atoms with van der Waals surface area (Å²) >= 11 is 0. The second-order valence-corrected chi connectivity index (χ2v) is 6.25. The zero-order chi connectivity index (χ0) is 16.5. The Kier molecular flexibility index (Phi) is 11.2. The van der Waals surface area contributed by atoms with Gasteiger partial charge in [0.25, 0.3) is 0 Å². The van der Waals surface area contributed by atoms with E-state index in [1.807, 2.05) is 18.9 Å². The molecule has 1 fully saturated rings. The zero-order valence-corrected chi connectivity index (χ0v) is 15.4. The monoisotopic (exact) mass is 349 g/mol. The van der Waals surface area contributed by atoms with E-state index in [4.69, 9.17) is 5.11 Å². The largest absolute Gasteiger partial charge is 0.480 e. The fourth-order valence-corrected chi connectivity index (χ4v) is 2.97. The molecule has 1 amide bonds. The summed E-state index contributed by atoms with van der Waals surface area (Å²) in [6.45, 7) is 6.65. The normalized spacial score (nSPS) is 20.4. The molecule has 0 bridgehead atoms. The zero-order valence-electron chi connectivity index (χ0n) is 14.6. The van der Waals surface area contributed by atoms with Crippen LogP contribution in [-0.4, -0.2) is 72.1 Å². The van der Waals surface area contributed by atoms with Crippen LogP contribution in [0.25, 0.3) is 0 Å². The standard InChI is InChI=1S/C16H31N3O3.ClH/c1-4-5-9-17-16(22)13(2)19-10-6-7-14(8-11-19)18(3)12-15(20)21;/h13-14H,4-12H2,1-3H3,(H,17,22)(H,20,21);1H. The number of hydrogen-bond donors (Lipinski definition) is 2. The first-order valence-corrected chi connectivity index (χ1v) is 8.39. The molecule has 0 spiro atoms. The van der Waals surface area contributed by atoms with Gasteiger partial charge >= 0.3 is 5.97 Å². The lowest BCUT2D eigenvalue weighted by Gasteiger charge is -2.28. The number of likely N-dealkylation sites (tertiary alicyclic amines) is 1. The molecule has 1 aliphatic rings. The van der Waals surface area contributed by atoms with Gasteiger partial charge in [-0.3, -0.25) is 19.4 Å². The van der Waals surface area contributed by atoms with Crippen LogP contribution in [0.4, 0.5) is 0 Å². The maximum absolute atomic E-state index is 12.1. The average molecular weight is 350 g/mol. The van der Waals surface area contributed by atoms with Gasteiger partial charge in [0.15, 0.2) is 0 Å². The Morgan fingerprint density at radius 1 is 1.35 bits per heavy atom. The van der Waals surface area contributed by atoms with E-state index in [-0.39, 0.29) is 36.9 Å². The number of carboxylic acid groups (broad SMARTS) is 1. The third kappa shape index (κ3) is 7.99. The number of nitrogens with zero attached hydrogens (tertiary/aromatic N) is 2. The first kappa shape index (κ1) is 22.1. The Morgan fingerprint density at radius 3 is 2.65 bits per heavy atom. The molecule has 0 aliphatic carbocycles. The van der Waals surface area contributed by atoms with Gasteiger partial charge in [-0.2, -0.15) is 0 Å². The van der Waals surface area contributed by atoms with Crippen LogP contribution in [0, 0.1) is 0 Å². The number of amides is 1. The van der Waals surface area contributed by atoms with Crippen molar-refractivity contribution in [1.29, 1.82) is 0 Å². The molecule has 1 saturated heterocycles. The van der Waals surface area contributed by atoms with Crippen molar-refractivity contribution in [2.75, 3.05) is 33.2 Å². The molecule has 2 unspecified atom stereocenters. The summed E-state index contributed by atoms with van der Waals surface area (Å²) < 4.78 is 0. The minimum atomic E-state index is -0.785. The first-order valence-electron chi connectivity index (χ1n) is 8.39. The van der Waals surface area contributed by atoms with Gasteiger partial charge in [0.05, 0.1) is 12.6 Å². The van der Waals surface area contributed by atoms with Crippen molar-refractivity contribution < 1.29 is 14.7 Å². The van der Waals surface area contributed by atoms with Crippen molar-refractivity contribution in [2.24, 2.45) is 0 Å². The van der Waals surface area contributed by atoms with Crippen molar-refractivity contribution in [3.63, 3.8) is 0 Å². The van der Waals surface area contributed by atoms with E-state index in [1.54, 1.807) is 0 Å². The van der Waals surface area contributed by atoms with E-state index >= 15 is 0 Å². The van der Waals surface area contributed by atoms with Crippen LogP contribution in [0.3, 0.4) is 0 Å². The number of halogens is 1. The van der Waals surface area contributed by atoms with E-state index < -0.39 is 5.97 Å². The van der Waals surface area contributed by atoms with Gasteiger partial charge in [0.2, 0.25) is 5.91 Å². The van der Waals surface area contributed by atoms with E-state index in [2.05, 4.69) is 17.1 Å². The van der Waals surface area contributed by atoms with Gasteiger partial charge in [-0.25, -0.2) is 0 Å². The van der Waals surface area contributed by atoms with Crippen LogP contribution in [-0.2, 0) is 9.59 Å². The number of likely N-dealkylation sites (N-methyl/N-ethyl adjacent to an activating group) is 1. The number of carboxylic acids is 1. The summed E-state index contributed by atoms with van der Waals surface area (Å²) in [4.78, 5) is 27.1. The van der Waals surface area contributed by atoms with Crippen molar-refractivity contribution in [3.8, 4) is 0 Å². The molecule has 1 aliphatic heterocycles. The lowest BCUT2D eigenvalue weighted by Crippen LogP contribution is -2.46. The van der Waals surface area contributed by atoms with Crippen LogP contribution in [0.2, 0.25) is 0 Å². The quantitative estimate of drug-likeness (QED) is 0.651. The van der Waals surface area contributed by atoms with Crippen LogP contribution < -0.4 is 5.32 Å². The second kappa shape index (κ2) is 11.6. The number of carbonyl (C=O) groups is 2. The van der Waals surface area contributed by atoms with Gasteiger partial charge in [-0.1, -0.05) is 13.3 Å². The number of nitrogens with one attached hydrogen (secondary N) is 1. The van der Waals surface area contributed by atoms with Crippen molar-refractivity contribution in [1.82, 2.24) is 15.1 Å². The summed E-state index contributed by atoms with van der Waals surface area (Å²) in [6, 6.07) is 0.178. The minimum absolute atomic E-state index is 0. The Labute approximate surface area is 146 Å². The molecule has 1 rings (SSSR count). The van der Waals surface area contributed by atoms with Gasteiger partial charge in [-0.15, -0.1) is 12.4 Å². The molecule has 2 atom stereocenters. The minimum Gasteiger partial charge on any atom is -0.480 e. The van der Waals surface area contributed by atoms with Crippen molar-refractivity contribution in [2.45, 2.75) is 58.0 Å². The molecule has 136 valence electrons. The maximum Gasteiger partial charge on any atom is 0.317 e. The highest BCUT2D eigenvalue weighted by Gasteiger charge is 2.26. The summed E-state index contributed by atoms with van der Waals surface area (Å²) in [7, 11) is 1.87. The number of aliphatic carboxylic acids is 1. The number of carbonyl (C=O) groups excluding carboxylic acids is 1. The fraction of sp³-hybridized carbons (Fsp3) is 0.875. The highest BCUT2D eigenvalue weighted by molar-refractivity contribution is 5.85. The fourth-order valence-electron chi connectivity index (χ4n) is 2.97. The molecule has 0 aromatic rings. The molecule has 7 heteroatoms. The summed E-state index contributed by atoms with van der Waals surface area (Å²) in [5, 5.41) is 11.9. The van der Waals surface area contributed by atoms with Crippen molar-refractivity contribution >= 4 is 24.3 Å². The highest BCUT2D eigenvalue weighted by Crippen LogP contribution is 2.17. The van der Waals surface area contributed by atoms with E-state index in [9.17, 15) is 9.59 Å². The average Bonchev–Trinajstić information content (AvgIpc) is 2.71. The topological polar surface area (TPSA) is 72.9 Å². The van der Waals surface area contributed by atoms with E-state index in [0.717, 1.165) is 51.7 Å². The number of unbranched alkanes of at least 4 members (excludes halogenated alkanes) is 1. The molecule has 1 heterocycles. The molecule has 0 saturated carbocycles. The van der Waals surface area contributed by atoms with Gasteiger partial charge < -0.3 is 10.4 Å². The first-order chi connectivity index (χ1) is 10.5. The molecular weight excluding hydrogens is 318 g/mol. The van der Waals surface area contributed by atoms with Crippen LogP contribution in [0.15, 0.2) is 0 Å². The molecule has 0 aromatic heterocycles. The molecule has 23 heavy (non-hydrogen) atoms. The van der Waals surface area contributed by atoms with Crippen LogP contribution in [0.1, 0.15) is 46.0 Å². The molecule has 2 N–H and O–H groups in total. The second-order valence-electron chi connectivity index (χ2n) is 6.25. The third-order valence-electron chi connectivity index (χ3n) is 4.50. The van der Waals surface area contributed by atoms with Gasteiger partial charge in [-0.05, 0) is 46.2 Å². The van der Waals surface area contributed by atoms with Crippen molar-refractivity contribution in [3.05, 3.63) is 0 Å². The molecule has 0 aromatic carbocycles. The lowest BCUT2D eigenvalue weighted by molar-refractivity contribution is -0.138. The number of hydrogen-bond acceptors (Lipinski definition) is 4. The molecule has 0 radical (unpaired) electrons. The van der Waals surface area contributed by atoms with Crippen LogP contribution in [0.5, 0.6) is 0 Å². The lowest BCUT2D eigenvalue weighted by atomic mass is 10.1. The smallest absolute Gasteiger partial charge is 0.317 e. The summed E-state index contributed by atoms with van der Waals surface area (Å²) in [6.07, 6.45) is 5.00. The Balaban J connectivity index is 0.00000484. The Bertz CT molecular complexity index is 368. The van der Waals surface area contributed by atoms with Crippen LogP contribution >= 0.6 is 12.4 Å². The Hall–Kier alpha value is -0.850. The summed E-state index contributed by atoms with van der Waals surface area (Å²) in [5.41, 5.74) is 0. The maximum atomic E-state index is 12.1. The highest BCUT2D eigenvalue weighted by atomic mass is 35.5. The SMILES string of the molecule is CCCCNC(=O)C(C)N1CCCC(N(C)CC(=O)O)CC1.Cl. The van der Waals surface area contributed by atoms with E-state index in [0.29, 0.717) is 0 Å². The summed E-state index contributed by atoms with van der Waals surface area (Å²) in [5.74, 6) is -0.682. The van der Waals surface area contributed by atoms with Gasteiger partial charge in [0.1, 0.15) is 0 Å². The predicted octanol–water partition coefficient (Wildman–Crippen LogP) is 1.58. The van der Waals surface area contributed by atoms with E-state index in [1.165, 1.54) is 0 Å². The predicted molar refractivity (Wildman–Crippen MR) is 94.1 cm³/mol. The molecular formula is C16H32ClN3O3.